The largest absolute Gasteiger partial charge is 0.331 e. The Labute approximate surface area is 113 Å². The second-order valence-electron chi connectivity index (χ2n) is 4.49. The number of nitrogens with zero attached hydrogens (tertiary/aromatic N) is 2. The van der Waals surface area contributed by atoms with Crippen LogP contribution in [0.1, 0.15) is 19.8 Å². The predicted octanol–water partition coefficient (Wildman–Crippen LogP) is 1.76. The molecule has 0 aliphatic carbocycles. The first-order valence-corrected chi connectivity index (χ1v) is 8.15. The van der Waals surface area contributed by atoms with Gasteiger partial charge in [0, 0.05) is 13.1 Å². The fourth-order valence-electron chi connectivity index (χ4n) is 2.01. The molecule has 0 spiro atoms. The first-order valence-electron chi connectivity index (χ1n) is 6.49. The van der Waals surface area contributed by atoms with Gasteiger partial charge in [0.05, 0.1) is 23.1 Å². The maximum Gasteiger partial charge on any atom is 0.211 e. The standard InChI is InChI=1S/C13H19N3O2S/c1-2-10-19(17,18)15-8-5-9-16-11-14-12-6-3-4-7-13(12)16/h3-4,6-7,11,15H,2,5,8-10H2,1H3. The molecule has 0 atom stereocenters. The van der Waals surface area contributed by atoms with Crippen molar-refractivity contribution in [3.05, 3.63) is 30.6 Å². The van der Waals surface area contributed by atoms with Gasteiger partial charge in [-0.25, -0.2) is 18.1 Å². The quantitative estimate of drug-likeness (QED) is 0.786. The van der Waals surface area contributed by atoms with E-state index < -0.39 is 10.0 Å². The van der Waals surface area contributed by atoms with Gasteiger partial charge in [-0.2, -0.15) is 0 Å². The molecule has 19 heavy (non-hydrogen) atoms. The van der Waals surface area contributed by atoms with Gasteiger partial charge >= 0.3 is 0 Å². The van der Waals surface area contributed by atoms with Crippen LogP contribution in [0.25, 0.3) is 11.0 Å². The zero-order chi connectivity index (χ0) is 13.7. The van der Waals surface area contributed by atoms with Crippen LogP contribution in [0.3, 0.4) is 0 Å². The van der Waals surface area contributed by atoms with E-state index in [1.54, 1.807) is 6.33 Å². The summed E-state index contributed by atoms with van der Waals surface area (Å²) in [5.74, 6) is 0.195. The van der Waals surface area contributed by atoms with Crippen molar-refractivity contribution < 1.29 is 8.42 Å². The molecule has 0 amide bonds. The first kappa shape index (κ1) is 14.0. The zero-order valence-corrected chi connectivity index (χ0v) is 11.9. The smallest absolute Gasteiger partial charge is 0.211 e. The highest BCUT2D eigenvalue weighted by Gasteiger charge is 2.07. The molecule has 0 bridgehead atoms. The van der Waals surface area contributed by atoms with Gasteiger partial charge in [-0.05, 0) is 25.0 Å². The highest BCUT2D eigenvalue weighted by molar-refractivity contribution is 7.89. The molecule has 5 nitrogen and oxygen atoms in total. The zero-order valence-electron chi connectivity index (χ0n) is 11.0. The van der Waals surface area contributed by atoms with Crippen molar-refractivity contribution in [1.29, 1.82) is 0 Å². The summed E-state index contributed by atoms with van der Waals surface area (Å²) in [4.78, 5) is 4.30. The monoisotopic (exact) mass is 281 g/mol. The van der Waals surface area contributed by atoms with E-state index in [4.69, 9.17) is 0 Å². The lowest BCUT2D eigenvalue weighted by atomic mass is 10.3. The molecule has 104 valence electrons. The van der Waals surface area contributed by atoms with Crippen molar-refractivity contribution in [2.24, 2.45) is 0 Å². The summed E-state index contributed by atoms with van der Waals surface area (Å²) < 4.78 is 27.6. The van der Waals surface area contributed by atoms with Crippen LogP contribution in [-0.2, 0) is 16.6 Å². The number of aryl methyl sites for hydroxylation is 1. The third-order valence-corrected chi connectivity index (χ3v) is 4.49. The number of benzene rings is 1. The Kier molecular flexibility index (Phi) is 4.55. The molecule has 6 heteroatoms. The van der Waals surface area contributed by atoms with Crippen molar-refractivity contribution in [3.8, 4) is 0 Å². The van der Waals surface area contributed by atoms with E-state index in [2.05, 4.69) is 9.71 Å². The number of rotatable bonds is 7. The second-order valence-corrected chi connectivity index (χ2v) is 6.42. The van der Waals surface area contributed by atoms with E-state index >= 15 is 0 Å². The van der Waals surface area contributed by atoms with Crippen LogP contribution in [0, 0.1) is 0 Å². The Morgan fingerprint density at radius 2 is 2.11 bits per heavy atom. The maximum atomic E-state index is 11.5. The Hall–Kier alpha value is -1.40. The average molecular weight is 281 g/mol. The fourth-order valence-corrected chi connectivity index (χ4v) is 3.14. The summed E-state index contributed by atoms with van der Waals surface area (Å²) in [7, 11) is -3.09. The van der Waals surface area contributed by atoms with E-state index in [0.717, 1.165) is 24.0 Å². The van der Waals surface area contributed by atoms with Crippen LogP contribution in [-0.4, -0.2) is 30.3 Å². The van der Waals surface area contributed by atoms with Crippen LogP contribution >= 0.6 is 0 Å². The number of fused-ring (bicyclic) bond motifs is 1. The van der Waals surface area contributed by atoms with Crippen LogP contribution in [0.5, 0.6) is 0 Å². The molecule has 0 aliphatic heterocycles. The Morgan fingerprint density at radius 1 is 1.32 bits per heavy atom. The third-order valence-electron chi connectivity index (χ3n) is 2.90. The molecule has 0 unspecified atom stereocenters. The van der Waals surface area contributed by atoms with Gasteiger partial charge in [0.2, 0.25) is 10.0 Å². The molecule has 2 aromatic rings. The SMILES string of the molecule is CCCS(=O)(=O)NCCCn1cnc2ccccc21. The van der Waals surface area contributed by atoms with E-state index in [9.17, 15) is 8.42 Å². The van der Waals surface area contributed by atoms with Gasteiger partial charge in [0.25, 0.3) is 0 Å². The van der Waals surface area contributed by atoms with Crippen molar-refractivity contribution in [3.63, 3.8) is 0 Å². The molecule has 0 radical (unpaired) electrons. The molecular formula is C13H19N3O2S. The third kappa shape index (κ3) is 3.78. The predicted molar refractivity (Wildman–Crippen MR) is 76.4 cm³/mol. The van der Waals surface area contributed by atoms with Crippen LogP contribution in [0.15, 0.2) is 30.6 Å². The summed E-state index contributed by atoms with van der Waals surface area (Å²) in [5, 5.41) is 0. The van der Waals surface area contributed by atoms with Crippen molar-refractivity contribution in [2.45, 2.75) is 26.3 Å². The minimum absolute atomic E-state index is 0.195. The average Bonchev–Trinajstić information content (AvgIpc) is 2.78. The Balaban J connectivity index is 1.86. The number of hydrogen-bond donors (Lipinski definition) is 1. The summed E-state index contributed by atoms with van der Waals surface area (Å²) in [6, 6.07) is 7.92. The van der Waals surface area contributed by atoms with E-state index in [0.29, 0.717) is 13.0 Å². The molecule has 0 fully saturated rings. The normalized spacial score (nSPS) is 12.1. The highest BCUT2D eigenvalue weighted by Crippen LogP contribution is 2.11. The van der Waals surface area contributed by atoms with E-state index in [1.807, 2.05) is 35.8 Å². The lowest BCUT2D eigenvalue weighted by Gasteiger charge is -2.06. The number of para-hydroxylation sites is 2. The number of hydrogen-bond acceptors (Lipinski definition) is 3. The van der Waals surface area contributed by atoms with E-state index in [-0.39, 0.29) is 5.75 Å². The number of aromatic nitrogens is 2. The fraction of sp³-hybridized carbons (Fsp3) is 0.462. The number of imidazole rings is 1. The van der Waals surface area contributed by atoms with Gasteiger partial charge in [-0.1, -0.05) is 19.1 Å². The molecule has 0 aliphatic rings. The molecule has 1 heterocycles. The maximum absolute atomic E-state index is 11.5. The minimum atomic E-state index is -3.09. The number of sulfonamides is 1. The van der Waals surface area contributed by atoms with Crippen molar-refractivity contribution in [1.82, 2.24) is 14.3 Å². The van der Waals surface area contributed by atoms with Gasteiger partial charge in [-0.15, -0.1) is 0 Å². The van der Waals surface area contributed by atoms with Gasteiger partial charge in [0.1, 0.15) is 0 Å². The second kappa shape index (κ2) is 6.16. The number of nitrogens with one attached hydrogen (secondary N) is 1. The molecule has 1 aromatic carbocycles. The summed E-state index contributed by atoms with van der Waals surface area (Å²) in [6.45, 7) is 3.08. The molecule has 0 saturated carbocycles. The van der Waals surface area contributed by atoms with Gasteiger partial charge in [0.15, 0.2) is 0 Å². The van der Waals surface area contributed by atoms with Crippen molar-refractivity contribution >= 4 is 21.1 Å². The van der Waals surface area contributed by atoms with Crippen LogP contribution < -0.4 is 4.72 Å². The highest BCUT2D eigenvalue weighted by atomic mass is 32.2. The van der Waals surface area contributed by atoms with Gasteiger partial charge < -0.3 is 4.57 Å². The lowest BCUT2D eigenvalue weighted by Crippen LogP contribution is -2.27. The first-order chi connectivity index (χ1) is 9.12. The van der Waals surface area contributed by atoms with Crippen LogP contribution in [0.2, 0.25) is 0 Å². The minimum Gasteiger partial charge on any atom is -0.331 e. The van der Waals surface area contributed by atoms with E-state index in [1.165, 1.54) is 0 Å². The lowest BCUT2D eigenvalue weighted by molar-refractivity contribution is 0.570. The summed E-state index contributed by atoms with van der Waals surface area (Å²) in [6.07, 6.45) is 3.19. The summed E-state index contributed by atoms with van der Waals surface area (Å²) in [5.41, 5.74) is 2.05. The van der Waals surface area contributed by atoms with Gasteiger partial charge in [-0.3, -0.25) is 0 Å². The molecule has 1 N–H and O–H groups in total. The molecule has 0 saturated heterocycles. The summed E-state index contributed by atoms with van der Waals surface area (Å²) >= 11 is 0. The van der Waals surface area contributed by atoms with Crippen molar-refractivity contribution in [2.75, 3.05) is 12.3 Å². The Bertz CT molecular complexity index is 634. The Morgan fingerprint density at radius 3 is 2.89 bits per heavy atom. The van der Waals surface area contributed by atoms with Crippen LogP contribution in [0.4, 0.5) is 0 Å². The topological polar surface area (TPSA) is 64.0 Å². The molecule has 1 aromatic heterocycles. The molecular weight excluding hydrogens is 262 g/mol. The molecule has 2 rings (SSSR count).